The van der Waals surface area contributed by atoms with Crippen LogP contribution in [0.2, 0.25) is 5.02 Å². The van der Waals surface area contributed by atoms with Crippen molar-refractivity contribution < 1.29 is 4.79 Å². The molecular formula is C23H24ClN5OS. The largest absolute Gasteiger partial charge is 0.311 e. The highest BCUT2D eigenvalue weighted by Crippen LogP contribution is 2.25. The second-order valence-corrected chi connectivity index (χ2v) is 8.33. The Labute approximate surface area is 191 Å². The van der Waals surface area contributed by atoms with Crippen molar-refractivity contribution in [3.63, 3.8) is 0 Å². The Morgan fingerprint density at radius 3 is 2.68 bits per heavy atom. The fourth-order valence-electron chi connectivity index (χ4n) is 3.21. The molecule has 1 aromatic heterocycles. The summed E-state index contributed by atoms with van der Waals surface area (Å²) in [6.07, 6.45) is 0.943. The van der Waals surface area contributed by atoms with Crippen LogP contribution in [-0.2, 0) is 17.8 Å². The molecule has 0 spiro atoms. The SMILES string of the molecule is CCn1c(Cc2ccccc2)nnc1SCC(=O)N(CCC#N)c1ccc(Cl)c(C)c1. The van der Waals surface area contributed by atoms with Crippen LogP contribution in [0.4, 0.5) is 5.69 Å². The maximum Gasteiger partial charge on any atom is 0.237 e. The number of carbonyl (C=O) groups excluding carboxylic acids is 1. The summed E-state index contributed by atoms with van der Waals surface area (Å²) in [4.78, 5) is 14.7. The summed E-state index contributed by atoms with van der Waals surface area (Å²) >= 11 is 7.49. The van der Waals surface area contributed by atoms with Gasteiger partial charge in [-0.15, -0.1) is 10.2 Å². The van der Waals surface area contributed by atoms with Gasteiger partial charge in [-0.2, -0.15) is 5.26 Å². The highest BCUT2D eigenvalue weighted by atomic mass is 35.5. The van der Waals surface area contributed by atoms with Gasteiger partial charge in [0.05, 0.1) is 18.2 Å². The fourth-order valence-corrected chi connectivity index (χ4v) is 4.23. The molecule has 0 aliphatic carbocycles. The van der Waals surface area contributed by atoms with Crippen molar-refractivity contribution in [1.29, 1.82) is 5.26 Å². The molecule has 1 heterocycles. The first-order valence-electron chi connectivity index (χ1n) is 10.1. The van der Waals surface area contributed by atoms with Gasteiger partial charge >= 0.3 is 0 Å². The van der Waals surface area contributed by atoms with Crippen LogP contribution in [0.5, 0.6) is 0 Å². The lowest BCUT2D eigenvalue weighted by molar-refractivity contribution is -0.116. The quantitative estimate of drug-likeness (QED) is 0.431. The topological polar surface area (TPSA) is 74.8 Å². The molecule has 3 aromatic rings. The second kappa shape index (κ2) is 11.0. The Morgan fingerprint density at radius 1 is 1.23 bits per heavy atom. The maximum atomic E-state index is 13.0. The molecule has 0 atom stereocenters. The number of hydrogen-bond acceptors (Lipinski definition) is 5. The monoisotopic (exact) mass is 453 g/mol. The Bertz CT molecular complexity index is 1080. The normalized spacial score (nSPS) is 10.6. The molecule has 0 aliphatic rings. The molecule has 160 valence electrons. The van der Waals surface area contributed by atoms with Crippen LogP contribution >= 0.6 is 23.4 Å². The third-order valence-electron chi connectivity index (χ3n) is 4.84. The van der Waals surface area contributed by atoms with Crippen molar-refractivity contribution in [2.75, 3.05) is 17.2 Å². The van der Waals surface area contributed by atoms with E-state index >= 15 is 0 Å². The van der Waals surface area contributed by atoms with Gasteiger partial charge in [-0.1, -0.05) is 53.7 Å². The van der Waals surface area contributed by atoms with E-state index in [1.165, 1.54) is 11.8 Å². The van der Waals surface area contributed by atoms with E-state index in [1.807, 2.05) is 48.7 Å². The van der Waals surface area contributed by atoms with Crippen LogP contribution in [-0.4, -0.2) is 33.0 Å². The second-order valence-electron chi connectivity index (χ2n) is 6.98. The van der Waals surface area contributed by atoms with Crippen molar-refractivity contribution in [3.8, 4) is 6.07 Å². The van der Waals surface area contributed by atoms with Gasteiger partial charge in [0.15, 0.2) is 5.16 Å². The Balaban J connectivity index is 1.73. The summed E-state index contributed by atoms with van der Waals surface area (Å²) in [7, 11) is 0. The number of nitrogens with zero attached hydrogens (tertiary/aromatic N) is 5. The van der Waals surface area contributed by atoms with Crippen molar-refractivity contribution in [2.24, 2.45) is 0 Å². The van der Waals surface area contributed by atoms with E-state index in [1.54, 1.807) is 11.0 Å². The molecule has 0 radical (unpaired) electrons. The summed E-state index contributed by atoms with van der Waals surface area (Å²) in [6, 6.07) is 17.7. The Hall–Kier alpha value is -2.82. The highest BCUT2D eigenvalue weighted by molar-refractivity contribution is 7.99. The molecule has 1 amide bonds. The van der Waals surface area contributed by atoms with Crippen LogP contribution in [0.25, 0.3) is 0 Å². The number of aromatic nitrogens is 3. The highest BCUT2D eigenvalue weighted by Gasteiger charge is 2.19. The fraction of sp³-hybridized carbons (Fsp3) is 0.304. The molecule has 0 aliphatic heterocycles. The summed E-state index contributed by atoms with van der Waals surface area (Å²) in [6.45, 7) is 4.99. The Morgan fingerprint density at radius 2 is 2.00 bits per heavy atom. The third kappa shape index (κ3) is 5.87. The van der Waals surface area contributed by atoms with E-state index in [0.717, 1.165) is 29.2 Å². The van der Waals surface area contributed by atoms with E-state index in [9.17, 15) is 4.79 Å². The summed E-state index contributed by atoms with van der Waals surface area (Å²) in [5.74, 6) is 0.992. The van der Waals surface area contributed by atoms with Gasteiger partial charge in [0.2, 0.25) is 5.91 Å². The molecule has 3 rings (SSSR count). The van der Waals surface area contributed by atoms with E-state index in [4.69, 9.17) is 16.9 Å². The molecule has 0 bridgehead atoms. The van der Waals surface area contributed by atoms with Gasteiger partial charge in [0.1, 0.15) is 5.82 Å². The molecule has 0 N–H and O–H groups in total. The smallest absolute Gasteiger partial charge is 0.237 e. The summed E-state index contributed by atoms with van der Waals surface area (Å²) in [5, 5.41) is 19.0. The number of hydrogen-bond donors (Lipinski definition) is 0. The molecule has 0 unspecified atom stereocenters. The predicted octanol–water partition coefficient (Wildman–Crippen LogP) is 4.89. The van der Waals surface area contributed by atoms with Gasteiger partial charge in [0, 0.05) is 30.2 Å². The summed E-state index contributed by atoms with van der Waals surface area (Å²) < 4.78 is 2.04. The van der Waals surface area contributed by atoms with E-state index in [-0.39, 0.29) is 18.1 Å². The molecule has 6 nitrogen and oxygen atoms in total. The maximum absolute atomic E-state index is 13.0. The summed E-state index contributed by atoms with van der Waals surface area (Å²) in [5.41, 5.74) is 2.79. The first-order valence-corrected chi connectivity index (χ1v) is 11.4. The average Bonchev–Trinajstić information content (AvgIpc) is 3.16. The van der Waals surface area contributed by atoms with E-state index in [0.29, 0.717) is 23.1 Å². The predicted molar refractivity (Wildman–Crippen MR) is 124 cm³/mol. The molecule has 0 saturated carbocycles. The number of rotatable bonds is 9. The van der Waals surface area contributed by atoms with Crippen LogP contribution in [0.1, 0.15) is 30.3 Å². The van der Waals surface area contributed by atoms with Crippen molar-refractivity contribution in [1.82, 2.24) is 14.8 Å². The molecule has 8 heteroatoms. The number of amides is 1. The van der Waals surface area contributed by atoms with E-state index < -0.39 is 0 Å². The number of thioether (sulfide) groups is 1. The zero-order valence-electron chi connectivity index (χ0n) is 17.6. The van der Waals surface area contributed by atoms with E-state index in [2.05, 4.69) is 28.4 Å². The van der Waals surface area contributed by atoms with Crippen molar-refractivity contribution in [2.45, 2.75) is 38.4 Å². The van der Waals surface area contributed by atoms with Crippen LogP contribution in [0, 0.1) is 18.3 Å². The average molecular weight is 454 g/mol. The third-order valence-corrected chi connectivity index (χ3v) is 6.22. The minimum absolute atomic E-state index is 0.0859. The van der Waals surface area contributed by atoms with Gasteiger partial charge in [-0.25, -0.2) is 0 Å². The van der Waals surface area contributed by atoms with Crippen LogP contribution < -0.4 is 4.90 Å². The van der Waals surface area contributed by atoms with Crippen LogP contribution in [0.3, 0.4) is 0 Å². The van der Waals surface area contributed by atoms with Gasteiger partial charge in [-0.3, -0.25) is 4.79 Å². The van der Waals surface area contributed by atoms with Gasteiger partial charge in [0.25, 0.3) is 0 Å². The van der Waals surface area contributed by atoms with Crippen LogP contribution in [0.15, 0.2) is 53.7 Å². The minimum atomic E-state index is -0.0859. The number of aryl methyl sites for hydroxylation is 1. The minimum Gasteiger partial charge on any atom is -0.311 e. The first-order chi connectivity index (χ1) is 15.0. The lowest BCUT2D eigenvalue weighted by Crippen LogP contribution is -2.33. The lowest BCUT2D eigenvalue weighted by atomic mass is 10.1. The van der Waals surface area contributed by atoms with Gasteiger partial charge < -0.3 is 9.47 Å². The zero-order valence-corrected chi connectivity index (χ0v) is 19.2. The number of anilines is 1. The standard InChI is InChI=1S/C23H24ClN5OS/c1-3-28-21(15-18-8-5-4-6-9-18)26-27-23(28)31-16-22(30)29(13-7-12-25)19-10-11-20(24)17(2)14-19/h4-6,8-11,14H,3,7,13,15-16H2,1-2H3. The molecule has 0 saturated heterocycles. The molecule has 0 fully saturated rings. The number of carbonyl (C=O) groups is 1. The molecule has 31 heavy (non-hydrogen) atoms. The number of nitriles is 1. The first kappa shape index (κ1) is 22.9. The number of benzene rings is 2. The Kier molecular flexibility index (Phi) is 8.10. The van der Waals surface area contributed by atoms with Crippen molar-refractivity contribution in [3.05, 3.63) is 70.5 Å². The van der Waals surface area contributed by atoms with Gasteiger partial charge in [-0.05, 0) is 43.2 Å². The van der Waals surface area contributed by atoms with Crippen molar-refractivity contribution >= 4 is 35.0 Å². The molecule has 2 aromatic carbocycles. The lowest BCUT2D eigenvalue weighted by Gasteiger charge is -2.22. The number of halogens is 1. The molecular weight excluding hydrogens is 430 g/mol. The zero-order chi connectivity index (χ0) is 22.2.